The molecule has 0 aliphatic heterocycles. The molecule has 120 valence electrons. The molecule has 2 fully saturated rings. The van der Waals surface area contributed by atoms with E-state index in [-0.39, 0.29) is 23.4 Å². The molecule has 0 saturated heterocycles. The Morgan fingerprint density at radius 2 is 2.04 bits per heavy atom. The fourth-order valence-corrected chi connectivity index (χ4v) is 2.99. The first-order valence-corrected chi connectivity index (χ1v) is 7.89. The molecule has 0 spiro atoms. The van der Waals surface area contributed by atoms with Crippen molar-refractivity contribution in [2.24, 2.45) is 0 Å². The monoisotopic (exact) mass is 314 g/mol. The summed E-state index contributed by atoms with van der Waals surface area (Å²) in [6.45, 7) is 1.74. The summed E-state index contributed by atoms with van der Waals surface area (Å²) >= 11 is 0. The van der Waals surface area contributed by atoms with Gasteiger partial charge in [-0.05, 0) is 32.6 Å². The molecule has 8 heteroatoms. The largest absolute Gasteiger partial charge is 0.348 e. The molecular weight excluding hydrogens is 296 g/mol. The predicted octanol–water partition coefficient (Wildman–Crippen LogP) is 0.750. The molecule has 2 heterocycles. The maximum atomic E-state index is 12.1. The van der Waals surface area contributed by atoms with Crippen molar-refractivity contribution in [1.82, 2.24) is 30.7 Å². The lowest BCUT2D eigenvalue weighted by Crippen LogP contribution is -2.44. The Hall–Kier alpha value is -2.51. The van der Waals surface area contributed by atoms with E-state index in [9.17, 15) is 9.59 Å². The molecule has 2 saturated carbocycles. The fourth-order valence-electron chi connectivity index (χ4n) is 2.99. The second kappa shape index (κ2) is 5.29. The van der Waals surface area contributed by atoms with Crippen LogP contribution in [0.3, 0.4) is 0 Å². The molecule has 2 aliphatic carbocycles. The van der Waals surface area contributed by atoms with Gasteiger partial charge in [0.2, 0.25) is 0 Å². The molecule has 8 nitrogen and oxygen atoms in total. The number of rotatable bonds is 4. The number of hydrogen-bond acceptors (Lipinski definition) is 5. The van der Waals surface area contributed by atoms with E-state index < -0.39 is 0 Å². The smallest absolute Gasteiger partial charge is 0.273 e. The van der Waals surface area contributed by atoms with Crippen LogP contribution in [0.5, 0.6) is 0 Å². The normalized spacial score (nSPS) is 23.3. The summed E-state index contributed by atoms with van der Waals surface area (Å²) in [6.07, 6.45) is 3.80. The van der Waals surface area contributed by atoms with E-state index in [1.165, 1.54) is 0 Å². The molecule has 23 heavy (non-hydrogen) atoms. The number of hydrogen-bond donors (Lipinski definition) is 3. The molecule has 4 rings (SSSR count). The zero-order chi connectivity index (χ0) is 16.0. The van der Waals surface area contributed by atoms with Gasteiger partial charge in [0.05, 0.1) is 11.4 Å². The van der Waals surface area contributed by atoms with E-state index in [1.54, 1.807) is 13.0 Å². The number of H-pyrrole nitrogens is 2. The Morgan fingerprint density at radius 3 is 2.70 bits per heavy atom. The number of nitrogens with one attached hydrogen (secondary N) is 3. The van der Waals surface area contributed by atoms with Gasteiger partial charge in [-0.1, -0.05) is 0 Å². The highest BCUT2D eigenvalue weighted by Crippen LogP contribution is 2.40. The van der Waals surface area contributed by atoms with Crippen LogP contribution in [0.1, 0.15) is 65.2 Å². The second-order valence-corrected chi connectivity index (χ2v) is 6.43. The Bertz CT molecular complexity index is 800. The Labute approximate surface area is 132 Å². The number of aromatic nitrogens is 5. The number of aryl methyl sites for hydroxylation is 1. The molecule has 0 radical (unpaired) electrons. The van der Waals surface area contributed by atoms with Crippen LogP contribution in [0.25, 0.3) is 0 Å². The summed E-state index contributed by atoms with van der Waals surface area (Å²) in [5, 5.41) is 13.1. The van der Waals surface area contributed by atoms with Crippen molar-refractivity contribution in [3.05, 3.63) is 39.3 Å². The van der Waals surface area contributed by atoms with Gasteiger partial charge in [0.25, 0.3) is 11.5 Å². The SMILES string of the molecule is Cc1n[nH]nc1C(=O)NC1CC(c2cc(=O)[nH]c(C3CC3)n2)C1. The first-order chi connectivity index (χ1) is 11.1. The summed E-state index contributed by atoms with van der Waals surface area (Å²) in [7, 11) is 0. The summed E-state index contributed by atoms with van der Waals surface area (Å²) in [4.78, 5) is 31.3. The summed E-state index contributed by atoms with van der Waals surface area (Å²) in [5.74, 6) is 1.27. The van der Waals surface area contributed by atoms with Crippen LogP contribution in [0.2, 0.25) is 0 Å². The Balaban J connectivity index is 1.39. The van der Waals surface area contributed by atoms with E-state index in [1.807, 2.05) is 0 Å². The minimum atomic E-state index is -0.211. The van der Waals surface area contributed by atoms with Gasteiger partial charge in [0.1, 0.15) is 5.82 Å². The highest BCUT2D eigenvalue weighted by atomic mass is 16.2. The van der Waals surface area contributed by atoms with Crippen LogP contribution in [-0.2, 0) is 0 Å². The first-order valence-electron chi connectivity index (χ1n) is 7.89. The number of nitrogens with zero attached hydrogens (tertiary/aromatic N) is 3. The quantitative estimate of drug-likeness (QED) is 0.770. The average molecular weight is 314 g/mol. The van der Waals surface area contributed by atoms with Gasteiger partial charge in [0, 0.05) is 23.9 Å². The third-order valence-electron chi connectivity index (χ3n) is 4.57. The zero-order valence-corrected chi connectivity index (χ0v) is 12.8. The maximum absolute atomic E-state index is 12.1. The van der Waals surface area contributed by atoms with E-state index in [2.05, 4.69) is 30.7 Å². The van der Waals surface area contributed by atoms with E-state index >= 15 is 0 Å². The third-order valence-corrected chi connectivity index (χ3v) is 4.57. The van der Waals surface area contributed by atoms with Crippen LogP contribution in [0.15, 0.2) is 10.9 Å². The van der Waals surface area contributed by atoms with E-state index in [0.717, 1.165) is 37.2 Å². The Morgan fingerprint density at radius 1 is 1.26 bits per heavy atom. The van der Waals surface area contributed by atoms with Crippen molar-refractivity contribution >= 4 is 5.91 Å². The van der Waals surface area contributed by atoms with Gasteiger partial charge in [-0.3, -0.25) is 9.59 Å². The summed E-state index contributed by atoms with van der Waals surface area (Å²) < 4.78 is 0. The zero-order valence-electron chi connectivity index (χ0n) is 12.8. The second-order valence-electron chi connectivity index (χ2n) is 6.43. The van der Waals surface area contributed by atoms with Gasteiger partial charge < -0.3 is 10.3 Å². The minimum Gasteiger partial charge on any atom is -0.348 e. The number of carbonyl (C=O) groups is 1. The van der Waals surface area contributed by atoms with Gasteiger partial charge in [-0.15, -0.1) is 0 Å². The molecule has 1 amide bonds. The van der Waals surface area contributed by atoms with Crippen molar-refractivity contribution < 1.29 is 4.79 Å². The number of carbonyl (C=O) groups excluding carboxylic acids is 1. The van der Waals surface area contributed by atoms with Crippen molar-refractivity contribution in [3.63, 3.8) is 0 Å². The molecule has 3 N–H and O–H groups in total. The van der Waals surface area contributed by atoms with Crippen LogP contribution < -0.4 is 10.9 Å². The molecule has 2 aliphatic rings. The number of amides is 1. The summed E-state index contributed by atoms with van der Waals surface area (Å²) in [6, 6.07) is 1.67. The molecular formula is C15H18N6O2. The lowest BCUT2D eigenvalue weighted by atomic mass is 9.78. The standard InChI is InChI=1S/C15H18N6O2/c1-7-13(20-21-19-7)15(23)16-10-4-9(5-10)11-6-12(22)18-14(17-11)8-2-3-8/h6,8-10H,2-5H2,1H3,(H,16,23)(H,17,18,22)(H,19,20,21). The highest BCUT2D eigenvalue weighted by Gasteiger charge is 2.34. The van der Waals surface area contributed by atoms with Crippen LogP contribution in [0.4, 0.5) is 0 Å². The predicted molar refractivity (Wildman–Crippen MR) is 81.2 cm³/mol. The molecule has 2 aromatic rings. The van der Waals surface area contributed by atoms with Crippen molar-refractivity contribution in [3.8, 4) is 0 Å². The van der Waals surface area contributed by atoms with Gasteiger partial charge in [-0.25, -0.2) is 4.98 Å². The first kappa shape index (κ1) is 14.1. The summed E-state index contributed by atoms with van der Waals surface area (Å²) in [5.41, 5.74) is 1.68. The topological polar surface area (TPSA) is 116 Å². The molecule has 0 aromatic carbocycles. The van der Waals surface area contributed by atoms with Gasteiger partial charge >= 0.3 is 0 Å². The van der Waals surface area contributed by atoms with Crippen molar-refractivity contribution in [2.45, 2.75) is 50.5 Å². The fraction of sp³-hybridized carbons (Fsp3) is 0.533. The Kier molecular flexibility index (Phi) is 3.24. The van der Waals surface area contributed by atoms with E-state index in [4.69, 9.17) is 0 Å². The van der Waals surface area contributed by atoms with Crippen molar-refractivity contribution in [2.75, 3.05) is 0 Å². The van der Waals surface area contributed by atoms with E-state index in [0.29, 0.717) is 17.3 Å². The molecule has 2 aromatic heterocycles. The minimum absolute atomic E-state index is 0.0809. The number of aromatic amines is 2. The van der Waals surface area contributed by atoms with Crippen molar-refractivity contribution in [1.29, 1.82) is 0 Å². The molecule has 0 atom stereocenters. The maximum Gasteiger partial charge on any atom is 0.273 e. The van der Waals surface area contributed by atoms with Crippen LogP contribution in [-0.4, -0.2) is 37.3 Å². The molecule has 0 unspecified atom stereocenters. The lowest BCUT2D eigenvalue weighted by Gasteiger charge is -2.35. The lowest BCUT2D eigenvalue weighted by molar-refractivity contribution is 0.0902. The van der Waals surface area contributed by atoms with Gasteiger partial charge in [-0.2, -0.15) is 15.4 Å². The van der Waals surface area contributed by atoms with Crippen LogP contribution in [0, 0.1) is 6.92 Å². The third kappa shape index (κ3) is 2.76. The van der Waals surface area contributed by atoms with Gasteiger partial charge in [0.15, 0.2) is 5.69 Å². The highest BCUT2D eigenvalue weighted by molar-refractivity contribution is 5.93. The average Bonchev–Trinajstić information content (AvgIpc) is 3.23. The molecule has 0 bridgehead atoms. The van der Waals surface area contributed by atoms with Crippen LogP contribution >= 0.6 is 0 Å².